The van der Waals surface area contributed by atoms with E-state index in [2.05, 4.69) is 10.5 Å². The molecule has 0 aliphatic rings. The van der Waals surface area contributed by atoms with Crippen LogP contribution in [-0.2, 0) is 4.79 Å². The van der Waals surface area contributed by atoms with Crippen molar-refractivity contribution < 1.29 is 9.90 Å². The fraction of sp³-hybridized carbons (Fsp3) is 0.0625. The molecule has 2 N–H and O–H groups in total. The van der Waals surface area contributed by atoms with Gasteiger partial charge in [-0.2, -0.15) is 10.4 Å². The van der Waals surface area contributed by atoms with Crippen LogP contribution in [0.3, 0.4) is 0 Å². The Morgan fingerprint density at radius 3 is 2.52 bits per heavy atom. The molecule has 104 valence electrons. The molecule has 21 heavy (non-hydrogen) atoms. The van der Waals surface area contributed by atoms with Crippen LogP contribution in [0.5, 0.6) is 5.75 Å². The van der Waals surface area contributed by atoms with Crippen molar-refractivity contribution in [2.45, 2.75) is 5.92 Å². The SMILES string of the molecule is N#C[C@@H](C(=O)N/N=C\c1ccccc1O)c1ccccc1. The summed E-state index contributed by atoms with van der Waals surface area (Å²) in [6.45, 7) is 0. The molecule has 0 heterocycles. The van der Waals surface area contributed by atoms with E-state index in [-0.39, 0.29) is 5.75 Å². The fourth-order valence-corrected chi connectivity index (χ4v) is 1.76. The zero-order chi connectivity index (χ0) is 15.1. The number of benzene rings is 2. The van der Waals surface area contributed by atoms with Gasteiger partial charge in [-0.05, 0) is 17.7 Å². The van der Waals surface area contributed by atoms with Crippen molar-refractivity contribution >= 4 is 12.1 Å². The highest BCUT2D eigenvalue weighted by Crippen LogP contribution is 2.15. The Kier molecular flexibility index (Phi) is 4.67. The van der Waals surface area contributed by atoms with Gasteiger partial charge in [0.25, 0.3) is 5.91 Å². The van der Waals surface area contributed by atoms with Crippen molar-refractivity contribution in [2.75, 3.05) is 0 Å². The van der Waals surface area contributed by atoms with E-state index >= 15 is 0 Å². The average Bonchev–Trinajstić information content (AvgIpc) is 2.51. The third kappa shape index (κ3) is 3.67. The first kappa shape index (κ1) is 14.3. The van der Waals surface area contributed by atoms with Gasteiger partial charge in [-0.3, -0.25) is 4.79 Å². The molecule has 0 aliphatic carbocycles. The summed E-state index contributed by atoms with van der Waals surface area (Å²) in [5, 5.41) is 22.4. The van der Waals surface area contributed by atoms with Crippen LogP contribution < -0.4 is 5.43 Å². The van der Waals surface area contributed by atoms with Crippen LogP contribution >= 0.6 is 0 Å². The first-order valence-corrected chi connectivity index (χ1v) is 6.28. The number of hydrogen-bond donors (Lipinski definition) is 2. The van der Waals surface area contributed by atoms with E-state index in [0.717, 1.165) is 0 Å². The molecule has 1 amide bonds. The number of rotatable bonds is 4. The lowest BCUT2D eigenvalue weighted by Gasteiger charge is -2.07. The molecular formula is C16H13N3O2. The second-order valence-corrected chi connectivity index (χ2v) is 4.27. The summed E-state index contributed by atoms with van der Waals surface area (Å²) >= 11 is 0. The van der Waals surface area contributed by atoms with Crippen molar-refractivity contribution in [3.05, 3.63) is 65.7 Å². The lowest BCUT2D eigenvalue weighted by atomic mass is 10.0. The zero-order valence-electron chi connectivity index (χ0n) is 11.1. The van der Waals surface area contributed by atoms with Crippen molar-refractivity contribution in [1.82, 2.24) is 5.43 Å². The molecule has 0 spiro atoms. The van der Waals surface area contributed by atoms with E-state index in [4.69, 9.17) is 5.26 Å². The Balaban J connectivity index is 2.05. The summed E-state index contributed by atoms with van der Waals surface area (Å²) < 4.78 is 0. The van der Waals surface area contributed by atoms with Crippen molar-refractivity contribution in [1.29, 1.82) is 5.26 Å². The predicted octanol–water partition coefficient (Wildman–Crippen LogP) is 2.15. The first-order chi connectivity index (χ1) is 10.2. The summed E-state index contributed by atoms with van der Waals surface area (Å²) in [7, 11) is 0. The maximum atomic E-state index is 11.9. The van der Waals surface area contributed by atoms with Crippen LogP contribution in [0.4, 0.5) is 0 Å². The number of para-hydroxylation sites is 1. The van der Waals surface area contributed by atoms with E-state index < -0.39 is 11.8 Å². The van der Waals surface area contributed by atoms with Gasteiger partial charge in [-0.15, -0.1) is 0 Å². The number of amides is 1. The van der Waals surface area contributed by atoms with Gasteiger partial charge >= 0.3 is 0 Å². The summed E-state index contributed by atoms with van der Waals surface area (Å²) in [5.41, 5.74) is 3.39. The topological polar surface area (TPSA) is 85.5 Å². The number of nitriles is 1. The molecule has 2 aromatic rings. The van der Waals surface area contributed by atoms with E-state index in [1.54, 1.807) is 42.5 Å². The van der Waals surface area contributed by atoms with Gasteiger partial charge in [0, 0.05) is 5.56 Å². The van der Waals surface area contributed by atoms with Crippen molar-refractivity contribution in [3.63, 3.8) is 0 Å². The number of nitrogens with zero attached hydrogens (tertiary/aromatic N) is 2. The third-order valence-electron chi connectivity index (χ3n) is 2.84. The molecule has 2 rings (SSSR count). The molecular weight excluding hydrogens is 266 g/mol. The van der Waals surface area contributed by atoms with Gasteiger partial charge in [-0.25, -0.2) is 5.43 Å². The first-order valence-electron chi connectivity index (χ1n) is 6.28. The van der Waals surface area contributed by atoms with Crippen molar-refractivity contribution in [2.24, 2.45) is 5.10 Å². The largest absolute Gasteiger partial charge is 0.507 e. The Bertz CT molecular complexity index is 690. The molecule has 0 bridgehead atoms. The highest BCUT2D eigenvalue weighted by atomic mass is 16.3. The quantitative estimate of drug-likeness (QED) is 0.664. The Labute approximate surface area is 122 Å². The molecule has 0 saturated heterocycles. The summed E-state index contributed by atoms with van der Waals surface area (Å²) in [5.74, 6) is -1.38. The number of carbonyl (C=O) groups excluding carboxylic acids is 1. The number of carbonyl (C=O) groups is 1. The fourth-order valence-electron chi connectivity index (χ4n) is 1.76. The standard InChI is InChI=1S/C16H13N3O2/c17-10-14(12-6-2-1-3-7-12)16(21)19-18-11-13-8-4-5-9-15(13)20/h1-9,11,14,20H,(H,19,21)/b18-11-/t14-/m1/s1. The van der Waals surface area contributed by atoms with Crippen LogP contribution in [0.1, 0.15) is 17.0 Å². The molecule has 0 fully saturated rings. The van der Waals surface area contributed by atoms with Gasteiger partial charge in [0.2, 0.25) is 0 Å². The summed E-state index contributed by atoms with van der Waals surface area (Å²) in [6, 6.07) is 17.3. The van der Waals surface area contributed by atoms with Gasteiger partial charge in [0.05, 0.1) is 12.3 Å². The van der Waals surface area contributed by atoms with Crippen LogP contribution in [0.2, 0.25) is 0 Å². The lowest BCUT2D eigenvalue weighted by Crippen LogP contribution is -2.24. The smallest absolute Gasteiger partial charge is 0.261 e. The maximum Gasteiger partial charge on any atom is 0.261 e. The summed E-state index contributed by atoms with van der Waals surface area (Å²) in [4.78, 5) is 11.9. The van der Waals surface area contributed by atoms with E-state index in [9.17, 15) is 9.90 Å². The van der Waals surface area contributed by atoms with E-state index in [1.807, 2.05) is 12.1 Å². The van der Waals surface area contributed by atoms with Crippen LogP contribution in [-0.4, -0.2) is 17.2 Å². The highest BCUT2D eigenvalue weighted by Gasteiger charge is 2.19. The van der Waals surface area contributed by atoms with Crippen LogP contribution in [0, 0.1) is 11.3 Å². The predicted molar refractivity (Wildman–Crippen MR) is 78.6 cm³/mol. The minimum Gasteiger partial charge on any atom is -0.507 e. The van der Waals surface area contributed by atoms with Gasteiger partial charge in [0.15, 0.2) is 5.92 Å². The number of phenols is 1. The molecule has 0 saturated carbocycles. The molecule has 0 aromatic heterocycles. The summed E-state index contributed by atoms with van der Waals surface area (Å²) in [6.07, 6.45) is 1.33. The van der Waals surface area contributed by atoms with E-state index in [1.165, 1.54) is 12.3 Å². The highest BCUT2D eigenvalue weighted by molar-refractivity contribution is 5.88. The number of aromatic hydroxyl groups is 1. The molecule has 5 nitrogen and oxygen atoms in total. The second kappa shape index (κ2) is 6.87. The molecule has 0 aliphatic heterocycles. The zero-order valence-corrected chi connectivity index (χ0v) is 11.1. The molecule has 2 aromatic carbocycles. The van der Waals surface area contributed by atoms with Crippen molar-refractivity contribution in [3.8, 4) is 11.8 Å². The molecule has 1 atom stereocenters. The minimum absolute atomic E-state index is 0.0652. The molecule has 5 heteroatoms. The average molecular weight is 279 g/mol. The number of nitrogens with one attached hydrogen (secondary N) is 1. The van der Waals surface area contributed by atoms with Gasteiger partial charge < -0.3 is 5.11 Å². The maximum absolute atomic E-state index is 11.9. The Morgan fingerprint density at radius 1 is 1.19 bits per heavy atom. The lowest BCUT2D eigenvalue weighted by molar-refractivity contribution is -0.121. The Hall–Kier alpha value is -3.13. The number of phenolic OH excluding ortho intramolecular Hbond substituents is 1. The van der Waals surface area contributed by atoms with Crippen LogP contribution in [0.15, 0.2) is 59.7 Å². The van der Waals surface area contributed by atoms with E-state index in [0.29, 0.717) is 11.1 Å². The number of hydrogen-bond acceptors (Lipinski definition) is 4. The second-order valence-electron chi connectivity index (χ2n) is 4.27. The third-order valence-corrected chi connectivity index (χ3v) is 2.84. The molecule has 0 radical (unpaired) electrons. The number of hydrazone groups is 1. The molecule has 0 unspecified atom stereocenters. The normalized spacial score (nSPS) is 11.8. The Morgan fingerprint density at radius 2 is 1.86 bits per heavy atom. The minimum atomic E-state index is -0.923. The monoisotopic (exact) mass is 279 g/mol. The van der Waals surface area contributed by atoms with Crippen LogP contribution in [0.25, 0.3) is 0 Å². The van der Waals surface area contributed by atoms with Gasteiger partial charge in [-0.1, -0.05) is 42.5 Å². The van der Waals surface area contributed by atoms with Gasteiger partial charge in [0.1, 0.15) is 5.75 Å².